The van der Waals surface area contributed by atoms with Crippen LogP contribution >= 0.6 is 0 Å². The van der Waals surface area contributed by atoms with Gasteiger partial charge in [-0.25, -0.2) is 9.18 Å². The van der Waals surface area contributed by atoms with Gasteiger partial charge in [0.05, 0.1) is 0 Å². The van der Waals surface area contributed by atoms with E-state index in [0.717, 1.165) is 37.8 Å². The zero-order valence-corrected chi connectivity index (χ0v) is 16.6. The summed E-state index contributed by atoms with van der Waals surface area (Å²) in [4.78, 5) is 14.2. The average molecular weight is 381 g/mol. The lowest BCUT2D eigenvalue weighted by atomic mass is 9.82. The fourth-order valence-corrected chi connectivity index (χ4v) is 3.72. The molecule has 28 heavy (non-hydrogen) atoms. The van der Waals surface area contributed by atoms with Crippen molar-refractivity contribution < 1.29 is 13.9 Å². The molecule has 1 saturated carbocycles. The molecule has 0 N–H and O–H groups in total. The number of esters is 1. The molecule has 0 bridgehead atoms. The third-order valence-corrected chi connectivity index (χ3v) is 5.19. The Morgan fingerprint density at radius 1 is 1.04 bits per heavy atom. The molecule has 2 aromatic rings. The maximum Gasteiger partial charge on any atom is 0.331 e. The number of carbonyl (C=O) groups excluding carboxylic acids is 1. The topological polar surface area (TPSA) is 29.5 Å². The van der Waals surface area contributed by atoms with E-state index in [4.69, 9.17) is 4.74 Å². The standard InChI is InChI=1S/C24H28FNO2/c1-26(2)17-19-3-8-20(9-4-19)21-10-14-23(15-11-21)28-24(27)16-7-18-5-12-22(25)13-6-18/h3-9,12-13,16,21,23H,10-11,14-15,17H2,1-2H3/b16-7+/t21-,23+. The first-order valence-electron chi connectivity index (χ1n) is 9.87. The van der Waals surface area contributed by atoms with Gasteiger partial charge in [0.2, 0.25) is 0 Å². The molecule has 1 aliphatic carbocycles. The molecule has 0 unspecified atom stereocenters. The summed E-state index contributed by atoms with van der Waals surface area (Å²) in [6.45, 7) is 0.953. The van der Waals surface area contributed by atoms with Crippen LogP contribution in [0.15, 0.2) is 54.6 Å². The molecule has 0 radical (unpaired) electrons. The van der Waals surface area contributed by atoms with Gasteiger partial charge in [-0.05, 0) is 80.6 Å². The highest BCUT2D eigenvalue weighted by molar-refractivity contribution is 5.87. The van der Waals surface area contributed by atoms with Gasteiger partial charge in [0.25, 0.3) is 0 Å². The van der Waals surface area contributed by atoms with E-state index in [1.807, 2.05) is 0 Å². The molecule has 4 heteroatoms. The Hall–Kier alpha value is -2.46. The Balaban J connectivity index is 1.45. The summed E-state index contributed by atoms with van der Waals surface area (Å²) < 4.78 is 18.5. The van der Waals surface area contributed by atoms with E-state index in [9.17, 15) is 9.18 Å². The van der Waals surface area contributed by atoms with Crippen molar-refractivity contribution in [2.75, 3.05) is 14.1 Å². The number of hydrogen-bond donors (Lipinski definition) is 0. The molecule has 0 heterocycles. The summed E-state index contributed by atoms with van der Waals surface area (Å²) in [5.74, 6) is -0.0808. The Morgan fingerprint density at radius 3 is 2.29 bits per heavy atom. The molecule has 3 nitrogen and oxygen atoms in total. The van der Waals surface area contributed by atoms with Crippen LogP contribution in [0.4, 0.5) is 4.39 Å². The first-order valence-corrected chi connectivity index (χ1v) is 9.87. The van der Waals surface area contributed by atoms with Gasteiger partial charge in [-0.3, -0.25) is 0 Å². The Bertz CT molecular complexity index is 788. The van der Waals surface area contributed by atoms with Crippen LogP contribution in [-0.2, 0) is 16.1 Å². The van der Waals surface area contributed by atoms with E-state index in [2.05, 4.69) is 43.3 Å². The lowest BCUT2D eigenvalue weighted by Gasteiger charge is -2.28. The minimum absolute atomic E-state index is 0.0189. The number of carbonyl (C=O) groups is 1. The van der Waals surface area contributed by atoms with Crippen molar-refractivity contribution in [1.29, 1.82) is 0 Å². The van der Waals surface area contributed by atoms with Crippen molar-refractivity contribution in [1.82, 2.24) is 4.90 Å². The van der Waals surface area contributed by atoms with Gasteiger partial charge < -0.3 is 9.64 Å². The van der Waals surface area contributed by atoms with E-state index in [0.29, 0.717) is 5.92 Å². The zero-order chi connectivity index (χ0) is 19.9. The number of hydrogen-bond acceptors (Lipinski definition) is 3. The molecule has 1 aliphatic rings. The fraction of sp³-hybridized carbons (Fsp3) is 0.375. The van der Waals surface area contributed by atoms with Crippen molar-refractivity contribution in [3.05, 3.63) is 77.1 Å². The second-order valence-electron chi connectivity index (χ2n) is 7.77. The van der Waals surface area contributed by atoms with Gasteiger partial charge in [0.1, 0.15) is 11.9 Å². The van der Waals surface area contributed by atoms with Crippen LogP contribution in [0.5, 0.6) is 0 Å². The van der Waals surface area contributed by atoms with Crippen LogP contribution in [0.3, 0.4) is 0 Å². The third-order valence-electron chi connectivity index (χ3n) is 5.19. The Morgan fingerprint density at radius 2 is 1.68 bits per heavy atom. The molecular weight excluding hydrogens is 353 g/mol. The third kappa shape index (κ3) is 6.03. The van der Waals surface area contributed by atoms with E-state index >= 15 is 0 Å². The molecule has 0 aromatic heterocycles. The largest absolute Gasteiger partial charge is 0.459 e. The van der Waals surface area contributed by atoms with E-state index in [1.54, 1.807) is 18.2 Å². The van der Waals surface area contributed by atoms with Crippen LogP contribution in [0.25, 0.3) is 6.08 Å². The van der Waals surface area contributed by atoms with E-state index in [-0.39, 0.29) is 17.9 Å². The monoisotopic (exact) mass is 381 g/mol. The maximum absolute atomic E-state index is 12.9. The molecular formula is C24H28FNO2. The smallest absolute Gasteiger partial charge is 0.331 e. The molecule has 0 spiro atoms. The highest BCUT2D eigenvalue weighted by atomic mass is 19.1. The predicted molar refractivity (Wildman–Crippen MR) is 110 cm³/mol. The molecule has 0 aliphatic heterocycles. The summed E-state index contributed by atoms with van der Waals surface area (Å²) in [5, 5.41) is 0. The Labute approximate surface area is 166 Å². The number of nitrogens with zero attached hydrogens (tertiary/aromatic N) is 1. The Kier molecular flexibility index (Phi) is 6.99. The molecule has 3 rings (SSSR count). The number of benzene rings is 2. The van der Waals surface area contributed by atoms with Crippen LogP contribution in [0.1, 0.15) is 48.3 Å². The molecule has 2 aromatic carbocycles. The number of halogens is 1. The van der Waals surface area contributed by atoms with Crippen molar-refractivity contribution in [3.63, 3.8) is 0 Å². The average Bonchev–Trinajstić information content (AvgIpc) is 2.68. The van der Waals surface area contributed by atoms with Crippen LogP contribution < -0.4 is 0 Å². The lowest BCUT2D eigenvalue weighted by molar-refractivity contribution is -0.144. The van der Waals surface area contributed by atoms with E-state index < -0.39 is 0 Å². The number of rotatable bonds is 6. The van der Waals surface area contributed by atoms with Crippen molar-refractivity contribution in [2.24, 2.45) is 0 Å². The minimum atomic E-state index is -0.333. The lowest BCUT2D eigenvalue weighted by Crippen LogP contribution is -2.23. The molecule has 0 amide bonds. The minimum Gasteiger partial charge on any atom is -0.459 e. The van der Waals surface area contributed by atoms with Gasteiger partial charge in [-0.2, -0.15) is 0 Å². The van der Waals surface area contributed by atoms with E-state index in [1.165, 1.54) is 29.3 Å². The second-order valence-corrected chi connectivity index (χ2v) is 7.77. The van der Waals surface area contributed by atoms with Crippen LogP contribution in [0, 0.1) is 5.82 Å². The summed E-state index contributed by atoms with van der Waals surface area (Å²) in [6.07, 6.45) is 6.90. The van der Waals surface area contributed by atoms with Crippen LogP contribution in [-0.4, -0.2) is 31.1 Å². The first-order chi connectivity index (χ1) is 13.5. The normalized spacial score (nSPS) is 19.9. The van der Waals surface area contributed by atoms with Gasteiger partial charge >= 0.3 is 5.97 Å². The zero-order valence-electron chi connectivity index (χ0n) is 16.6. The van der Waals surface area contributed by atoms with Gasteiger partial charge in [-0.15, -0.1) is 0 Å². The molecule has 148 valence electrons. The van der Waals surface area contributed by atoms with Gasteiger partial charge in [-0.1, -0.05) is 36.4 Å². The first kappa shape index (κ1) is 20.3. The van der Waals surface area contributed by atoms with Crippen LogP contribution in [0.2, 0.25) is 0 Å². The molecule has 0 saturated heterocycles. The van der Waals surface area contributed by atoms with Crippen molar-refractivity contribution in [2.45, 2.75) is 44.2 Å². The second kappa shape index (κ2) is 9.65. The van der Waals surface area contributed by atoms with Gasteiger partial charge in [0.15, 0.2) is 0 Å². The van der Waals surface area contributed by atoms with Gasteiger partial charge in [0, 0.05) is 12.6 Å². The quantitative estimate of drug-likeness (QED) is 0.511. The van der Waals surface area contributed by atoms with Crippen molar-refractivity contribution in [3.8, 4) is 0 Å². The fourth-order valence-electron chi connectivity index (χ4n) is 3.72. The molecule has 0 atom stereocenters. The number of ether oxygens (including phenoxy) is 1. The van der Waals surface area contributed by atoms with Crippen molar-refractivity contribution >= 4 is 12.0 Å². The SMILES string of the molecule is CN(C)Cc1ccc([C@H]2CC[C@@H](OC(=O)/C=C/c3ccc(F)cc3)CC2)cc1. The summed E-state index contributed by atoms with van der Waals surface area (Å²) in [6, 6.07) is 14.9. The highest BCUT2D eigenvalue weighted by Gasteiger charge is 2.24. The predicted octanol–water partition coefficient (Wildman–Crippen LogP) is 5.17. The highest BCUT2D eigenvalue weighted by Crippen LogP contribution is 2.34. The summed E-state index contributed by atoms with van der Waals surface area (Å²) in [5.41, 5.74) is 3.48. The molecule has 1 fully saturated rings. The summed E-state index contributed by atoms with van der Waals surface area (Å²) >= 11 is 0. The maximum atomic E-state index is 12.9. The summed E-state index contributed by atoms with van der Waals surface area (Å²) in [7, 11) is 4.15.